The minimum atomic E-state index is -0.213. The van der Waals surface area contributed by atoms with Crippen LogP contribution in [0.2, 0.25) is 40.2 Å². The van der Waals surface area contributed by atoms with Crippen LogP contribution in [0.4, 0.5) is 0 Å². The monoisotopic (exact) mass is 2150 g/mol. The van der Waals surface area contributed by atoms with Crippen molar-refractivity contribution in [2.75, 3.05) is 72.6 Å². The van der Waals surface area contributed by atoms with Gasteiger partial charge in [-0.15, -0.1) is 102 Å². The largest absolute Gasteiger partial charge is 0.506 e. The second kappa shape index (κ2) is 50.2. The van der Waals surface area contributed by atoms with E-state index in [1.54, 1.807) is 194 Å². The van der Waals surface area contributed by atoms with Crippen molar-refractivity contribution in [2.24, 2.45) is 20.0 Å². The summed E-state index contributed by atoms with van der Waals surface area (Å²) in [5.74, 6) is -0.879. The predicted molar refractivity (Wildman–Crippen MR) is 565 cm³/mol. The molecule has 1 aliphatic heterocycles. The van der Waals surface area contributed by atoms with Gasteiger partial charge in [0.25, 0.3) is 17.7 Å². The number of hydrogen-bond donors (Lipinski definition) is 6. The number of thiophene rings is 9. The summed E-state index contributed by atoms with van der Waals surface area (Å²) in [6, 6.07) is 47.5. The van der Waals surface area contributed by atoms with Crippen LogP contribution < -0.4 is 10.6 Å². The normalized spacial score (nSPS) is 12.4. The third-order valence-corrected chi connectivity index (χ3v) is 33.0. The summed E-state index contributed by atoms with van der Waals surface area (Å²) in [5, 5.41) is 61.1. The summed E-state index contributed by atoms with van der Waals surface area (Å²) in [4.78, 5) is 129. The molecule has 15 rings (SSSR count). The zero-order chi connectivity index (χ0) is 97.6. The van der Waals surface area contributed by atoms with E-state index in [9.17, 15) is 58.8 Å². The minimum Gasteiger partial charge on any atom is -0.506 e. The van der Waals surface area contributed by atoms with Crippen molar-refractivity contribution in [2.45, 2.75) is 60.5 Å². The number of ether oxygens (including phenoxy) is 1. The van der Waals surface area contributed by atoms with Crippen LogP contribution in [0.3, 0.4) is 0 Å². The molecule has 10 heterocycles. The SMILES string of the molecule is CC(=NCC(=O)c1ccc(C(=O)N(C)Cc2ccccc2)s1)c1csc(-c2ccc(Cl)c(Cl)c2)c1O.CC(=NCC(=O)c1ccc(C(=O)NCCN2CCOCC2)s1)c1csc(-c2ccc(Cl)c(Cl)c2)c1O.CC(=NCC(=O)c1ccc(C(=O)NCc2cccs2)s1)c1csc(-c2ccc(Cl)c(Cl)c2)c1O.CCCC(=O)c1ccc(C(=O)CN=C(C)c2csc(-c3ccc(Cl)c(Cl)c3)c2O)s1. The number of rotatable bonds is 33. The quantitative estimate of drug-likeness (QED) is 0.0165. The van der Waals surface area contributed by atoms with E-state index < -0.39 is 0 Å². The molecule has 5 aromatic carbocycles. The molecule has 9 aromatic heterocycles. The van der Waals surface area contributed by atoms with Crippen molar-refractivity contribution in [1.29, 1.82) is 0 Å². The number of nitrogens with zero attached hydrogens (tertiary/aromatic N) is 6. The van der Waals surface area contributed by atoms with E-state index in [0.29, 0.717) is 170 Å². The lowest BCUT2D eigenvalue weighted by Crippen LogP contribution is -2.41. The maximum absolute atomic E-state index is 12.8. The van der Waals surface area contributed by atoms with Gasteiger partial charge in [0.2, 0.25) is 0 Å². The number of nitrogens with one attached hydrogen (secondary N) is 2. The number of aromatic hydroxyl groups is 4. The number of benzene rings is 5. The summed E-state index contributed by atoms with van der Waals surface area (Å²) in [6.45, 7) is 14.0. The van der Waals surface area contributed by atoms with Gasteiger partial charge < -0.3 is 40.7 Å². The standard InChI is InChI=1S/C27H22Cl2N2O3S2.C25H25Cl2N3O4S2.C24H18Cl2N2O3S3.C22H19Cl2NO3S2/c1-16(19-15-35-26(25(19)33)18-8-9-20(28)21(29)12-18)30-13-22(32)23-10-11-24(36-23)27(34)31(2)14-17-6-4-3-5-7-17;1-15(17-14-35-24(23(17)32)16-2-3-18(26)19(27)12-16)29-13-20(31)21-4-5-22(36-21)25(33)28-6-7-30-8-10-34-11-9-30;1-13(16-12-33-23(22(16)30)14-4-5-17(25)18(26)9-14)27-11-19(29)20-6-7-21(34-20)24(31)28-10-15-3-2-8-32-15;1-3-4-17(26)19-7-8-20(30-19)18(27)10-25-12(2)14-11-29-22(21(14)28)13-5-6-15(23)16(24)9-13/h3-12,15,33H,13-14H2,1-2H3;2-5,12,14,32H,6-11,13H2,1H3,(H,28,33);2-9,12,30H,10-11H2,1H3,(H,28,31);5-9,11,28H,3-4,10H2,1-2H3. The molecule has 0 aliphatic carbocycles. The highest BCUT2D eigenvalue weighted by Gasteiger charge is 2.26. The highest BCUT2D eigenvalue weighted by atomic mass is 35.5. The van der Waals surface area contributed by atoms with Gasteiger partial charge in [-0.25, -0.2) is 0 Å². The maximum atomic E-state index is 12.8. The van der Waals surface area contributed by atoms with Crippen LogP contribution in [-0.2, 0) is 17.8 Å². The van der Waals surface area contributed by atoms with Gasteiger partial charge in [0.1, 0.15) is 49.2 Å². The first-order chi connectivity index (χ1) is 65.2. The molecule has 14 aromatic rings. The second-order valence-corrected chi connectivity index (χ2v) is 42.2. The number of ketones is 5. The number of hydrogen-bond acceptors (Lipinski definition) is 27. The minimum absolute atomic E-state index is 0.0504. The van der Waals surface area contributed by atoms with Crippen LogP contribution in [0.5, 0.6) is 23.0 Å². The number of amides is 3. The van der Waals surface area contributed by atoms with Crippen LogP contribution >= 0.6 is 195 Å². The molecule has 3 amide bonds. The molecular weight excluding hydrogens is 2070 g/mol. The van der Waals surface area contributed by atoms with E-state index in [0.717, 1.165) is 106 Å². The Kier molecular flexibility index (Phi) is 38.8. The van der Waals surface area contributed by atoms with Gasteiger partial charge in [-0.05, 0) is 170 Å². The van der Waals surface area contributed by atoms with Crippen LogP contribution in [0.1, 0.15) is 158 Å². The third-order valence-electron chi connectivity index (χ3n) is 20.5. The van der Waals surface area contributed by atoms with Crippen LogP contribution in [0, 0.1) is 0 Å². The fourth-order valence-corrected chi connectivity index (χ4v) is 22.4. The second-order valence-electron chi connectivity index (χ2n) is 30.1. The average Bonchev–Trinajstić information content (AvgIpc) is 1.67. The molecular formula is C98H84Cl8N8O13S9. The van der Waals surface area contributed by atoms with Crippen molar-refractivity contribution in [1.82, 2.24) is 20.4 Å². The zero-order valence-corrected chi connectivity index (χ0v) is 86.6. The van der Waals surface area contributed by atoms with Crippen molar-refractivity contribution in [3.63, 3.8) is 0 Å². The number of carbonyl (C=O) groups is 8. The summed E-state index contributed by atoms with van der Waals surface area (Å²) < 4.78 is 5.33. The molecule has 0 unspecified atom stereocenters. The van der Waals surface area contributed by atoms with E-state index in [2.05, 4.69) is 35.5 Å². The Morgan fingerprint density at radius 1 is 0.397 bits per heavy atom. The zero-order valence-electron chi connectivity index (χ0n) is 73.2. The molecule has 1 saturated heterocycles. The van der Waals surface area contributed by atoms with Gasteiger partial charge >= 0.3 is 0 Å². The molecule has 38 heteroatoms. The fourth-order valence-electron chi connectivity index (χ4n) is 13.1. The lowest BCUT2D eigenvalue weighted by atomic mass is 10.1. The van der Waals surface area contributed by atoms with Crippen molar-refractivity contribution < 1.29 is 63.5 Å². The molecule has 6 N–H and O–H groups in total. The van der Waals surface area contributed by atoms with Gasteiger partial charge in [-0.2, -0.15) is 0 Å². The van der Waals surface area contributed by atoms with Gasteiger partial charge in [0.15, 0.2) is 28.9 Å². The van der Waals surface area contributed by atoms with E-state index >= 15 is 0 Å². The first kappa shape index (κ1) is 105. The first-order valence-corrected chi connectivity index (χ1v) is 52.2. The van der Waals surface area contributed by atoms with E-state index in [-0.39, 0.29) is 95.8 Å². The number of halogens is 8. The highest BCUT2D eigenvalue weighted by molar-refractivity contribution is 7.18. The Balaban J connectivity index is 0.000000163. The van der Waals surface area contributed by atoms with Gasteiger partial charge in [-0.3, -0.25) is 63.2 Å². The number of Topliss-reactive ketones (excluding diaryl/α,β-unsaturated/α-hetero) is 5. The molecule has 704 valence electrons. The lowest BCUT2D eigenvalue weighted by Gasteiger charge is -2.26. The van der Waals surface area contributed by atoms with E-state index in [1.807, 2.05) is 54.8 Å². The first-order valence-electron chi connectivity index (χ1n) is 41.5. The summed E-state index contributed by atoms with van der Waals surface area (Å²) in [5.41, 5.74) is 8.44. The molecule has 0 spiro atoms. The number of morpholine rings is 1. The van der Waals surface area contributed by atoms with Crippen LogP contribution in [0.25, 0.3) is 41.8 Å². The molecule has 21 nitrogen and oxygen atoms in total. The molecule has 0 bridgehead atoms. The predicted octanol–water partition coefficient (Wildman–Crippen LogP) is 27.0. The molecule has 0 radical (unpaired) electrons. The molecule has 1 aliphatic rings. The van der Waals surface area contributed by atoms with E-state index in [1.165, 1.54) is 56.7 Å². The van der Waals surface area contributed by atoms with Crippen molar-refractivity contribution in [3.8, 4) is 64.8 Å². The number of aliphatic imine (C=N–C) groups is 4. The summed E-state index contributed by atoms with van der Waals surface area (Å²) in [7, 11) is 1.74. The topological polar surface area (TPSA) is 307 Å². The molecule has 136 heavy (non-hydrogen) atoms. The van der Waals surface area contributed by atoms with Crippen LogP contribution in [0.15, 0.2) is 211 Å². The van der Waals surface area contributed by atoms with Gasteiger partial charge in [-0.1, -0.05) is 160 Å². The van der Waals surface area contributed by atoms with Crippen molar-refractivity contribution >= 4 is 264 Å². The summed E-state index contributed by atoms with van der Waals surface area (Å²) >= 11 is 60.0. The van der Waals surface area contributed by atoms with Gasteiger partial charge in [0.05, 0.1) is 118 Å². The number of carbonyl (C=O) groups excluding carboxylic acids is 8. The Labute approximate surface area is 860 Å². The summed E-state index contributed by atoms with van der Waals surface area (Å²) in [6.07, 6.45) is 1.25. The Hall–Kier alpha value is -9.72. The Bertz CT molecular complexity index is 6840. The maximum Gasteiger partial charge on any atom is 0.263 e. The lowest BCUT2D eigenvalue weighted by molar-refractivity contribution is 0.0383. The Morgan fingerprint density at radius 3 is 1.07 bits per heavy atom. The van der Waals surface area contributed by atoms with Crippen molar-refractivity contribution in [3.05, 3.63) is 303 Å². The highest BCUT2D eigenvalue weighted by Crippen LogP contribution is 2.46. The van der Waals surface area contributed by atoms with Crippen LogP contribution in [-0.4, -0.2) is 172 Å². The molecule has 1 fully saturated rings. The average molecular weight is 2150 g/mol. The smallest absolute Gasteiger partial charge is 0.263 e. The van der Waals surface area contributed by atoms with Gasteiger partial charge in [0, 0.05) is 118 Å². The van der Waals surface area contributed by atoms with E-state index in [4.69, 9.17) is 97.5 Å². The fraction of sp³-hybridized carbons (Fsp3) is 0.204. The molecule has 0 saturated carbocycles. The molecule has 0 atom stereocenters. The Morgan fingerprint density at radius 2 is 0.728 bits per heavy atom. The third kappa shape index (κ3) is 28.1.